The summed E-state index contributed by atoms with van der Waals surface area (Å²) < 4.78 is 5.30. The standard InChI is InChI=1S/C19H17ClN2O3S/c1-3-25-17-9-13(8-15(20)18(17)23)19(24)22-14-6-4-12(5-7-14)16-10-26-11(2)21-16/h4-10,23H,3H2,1-2H3,(H,22,24). The van der Waals surface area contributed by atoms with Gasteiger partial charge in [-0.15, -0.1) is 11.3 Å². The van der Waals surface area contributed by atoms with Gasteiger partial charge < -0.3 is 15.2 Å². The Morgan fingerprint density at radius 1 is 1.31 bits per heavy atom. The fourth-order valence-electron chi connectivity index (χ4n) is 2.39. The third-order valence-electron chi connectivity index (χ3n) is 3.65. The summed E-state index contributed by atoms with van der Waals surface area (Å²) in [5.41, 5.74) is 2.85. The summed E-state index contributed by atoms with van der Waals surface area (Å²) in [7, 11) is 0. The Morgan fingerprint density at radius 3 is 2.65 bits per heavy atom. The van der Waals surface area contributed by atoms with Crippen LogP contribution < -0.4 is 10.1 Å². The lowest BCUT2D eigenvalue weighted by molar-refractivity contribution is 0.102. The minimum atomic E-state index is -0.342. The van der Waals surface area contributed by atoms with E-state index in [2.05, 4.69) is 10.3 Å². The molecule has 0 spiro atoms. The van der Waals surface area contributed by atoms with Crippen LogP contribution in [-0.2, 0) is 0 Å². The predicted octanol–water partition coefficient (Wildman–Crippen LogP) is 5.13. The highest BCUT2D eigenvalue weighted by Crippen LogP contribution is 2.35. The van der Waals surface area contributed by atoms with Crippen LogP contribution in [0.15, 0.2) is 41.8 Å². The second-order valence-electron chi connectivity index (χ2n) is 5.52. The molecule has 26 heavy (non-hydrogen) atoms. The summed E-state index contributed by atoms with van der Waals surface area (Å²) in [5, 5.41) is 15.7. The monoisotopic (exact) mass is 388 g/mol. The molecular formula is C19H17ClN2O3S. The van der Waals surface area contributed by atoms with Gasteiger partial charge in [-0.2, -0.15) is 0 Å². The maximum atomic E-state index is 12.5. The summed E-state index contributed by atoms with van der Waals surface area (Å²) in [6.07, 6.45) is 0. The van der Waals surface area contributed by atoms with Gasteiger partial charge in [-0.3, -0.25) is 4.79 Å². The molecule has 3 rings (SSSR count). The molecule has 0 bridgehead atoms. The van der Waals surface area contributed by atoms with Gasteiger partial charge in [-0.25, -0.2) is 4.98 Å². The van der Waals surface area contributed by atoms with Gasteiger partial charge in [0.25, 0.3) is 5.91 Å². The molecule has 0 unspecified atom stereocenters. The van der Waals surface area contributed by atoms with Gasteiger partial charge in [0.1, 0.15) is 0 Å². The Labute approximate surface area is 160 Å². The lowest BCUT2D eigenvalue weighted by Gasteiger charge is -2.11. The van der Waals surface area contributed by atoms with E-state index in [1.165, 1.54) is 12.1 Å². The van der Waals surface area contributed by atoms with E-state index in [9.17, 15) is 9.90 Å². The number of thiazole rings is 1. The normalized spacial score (nSPS) is 10.6. The van der Waals surface area contributed by atoms with Crippen molar-refractivity contribution < 1.29 is 14.6 Å². The van der Waals surface area contributed by atoms with Gasteiger partial charge in [0.05, 0.1) is 22.3 Å². The molecule has 0 fully saturated rings. The number of aromatic hydroxyl groups is 1. The van der Waals surface area contributed by atoms with E-state index in [1.807, 2.05) is 36.6 Å². The van der Waals surface area contributed by atoms with Gasteiger partial charge in [-0.05, 0) is 38.1 Å². The lowest BCUT2D eigenvalue weighted by atomic mass is 10.1. The number of phenolic OH excluding ortho intramolecular Hbond substituents is 1. The second kappa shape index (κ2) is 7.76. The number of anilines is 1. The van der Waals surface area contributed by atoms with Crippen molar-refractivity contribution in [3.63, 3.8) is 0 Å². The number of nitrogens with zero attached hydrogens (tertiary/aromatic N) is 1. The van der Waals surface area contributed by atoms with E-state index in [4.69, 9.17) is 16.3 Å². The van der Waals surface area contributed by atoms with Crippen molar-refractivity contribution in [3.05, 3.63) is 57.4 Å². The van der Waals surface area contributed by atoms with Crippen LogP contribution in [0, 0.1) is 6.92 Å². The number of rotatable bonds is 5. The van der Waals surface area contributed by atoms with Crippen LogP contribution in [0.3, 0.4) is 0 Å². The Morgan fingerprint density at radius 2 is 2.04 bits per heavy atom. The van der Waals surface area contributed by atoms with E-state index in [1.54, 1.807) is 18.3 Å². The molecule has 0 aliphatic carbocycles. The average molecular weight is 389 g/mol. The van der Waals surface area contributed by atoms with Crippen molar-refractivity contribution in [2.45, 2.75) is 13.8 Å². The molecule has 1 heterocycles. The van der Waals surface area contributed by atoms with Gasteiger partial charge in [-0.1, -0.05) is 23.7 Å². The number of aromatic nitrogens is 1. The predicted molar refractivity (Wildman–Crippen MR) is 105 cm³/mol. The third kappa shape index (κ3) is 3.98. The molecule has 0 atom stereocenters. The van der Waals surface area contributed by atoms with Gasteiger partial charge in [0.2, 0.25) is 0 Å². The first kappa shape index (κ1) is 18.2. The quantitative estimate of drug-likeness (QED) is 0.635. The topological polar surface area (TPSA) is 71.5 Å². The molecule has 1 aromatic heterocycles. The largest absolute Gasteiger partial charge is 0.503 e. The molecule has 2 aromatic carbocycles. The highest BCUT2D eigenvalue weighted by molar-refractivity contribution is 7.09. The summed E-state index contributed by atoms with van der Waals surface area (Å²) in [6, 6.07) is 10.3. The fourth-order valence-corrected chi connectivity index (χ4v) is 3.23. The van der Waals surface area contributed by atoms with Crippen molar-refractivity contribution in [1.29, 1.82) is 0 Å². The number of aryl methyl sites for hydroxylation is 1. The van der Waals surface area contributed by atoms with Gasteiger partial charge in [0.15, 0.2) is 11.5 Å². The molecule has 1 amide bonds. The van der Waals surface area contributed by atoms with Crippen LogP contribution in [0.25, 0.3) is 11.3 Å². The Bertz CT molecular complexity index is 938. The zero-order valence-electron chi connectivity index (χ0n) is 14.2. The third-order valence-corrected chi connectivity index (χ3v) is 4.71. The summed E-state index contributed by atoms with van der Waals surface area (Å²) in [6.45, 7) is 4.10. The SMILES string of the molecule is CCOc1cc(C(=O)Nc2ccc(-c3csc(C)n3)cc2)cc(Cl)c1O. The number of ether oxygens (including phenoxy) is 1. The lowest BCUT2D eigenvalue weighted by Crippen LogP contribution is -2.12. The molecule has 0 aliphatic rings. The van der Waals surface area contributed by atoms with E-state index >= 15 is 0 Å². The Balaban J connectivity index is 1.77. The number of halogens is 1. The molecule has 5 nitrogen and oxygen atoms in total. The second-order valence-corrected chi connectivity index (χ2v) is 6.99. The van der Waals surface area contributed by atoms with Crippen LogP contribution in [0.5, 0.6) is 11.5 Å². The number of amides is 1. The minimum absolute atomic E-state index is 0.0651. The van der Waals surface area contributed by atoms with Crippen LogP contribution in [0.4, 0.5) is 5.69 Å². The molecule has 134 valence electrons. The number of phenols is 1. The van der Waals surface area contributed by atoms with Crippen molar-refractivity contribution in [2.24, 2.45) is 0 Å². The van der Waals surface area contributed by atoms with Crippen molar-refractivity contribution in [2.75, 3.05) is 11.9 Å². The van der Waals surface area contributed by atoms with Crippen LogP contribution in [0.1, 0.15) is 22.3 Å². The highest BCUT2D eigenvalue weighted by Gasteiger charge is 2.14. The van der Waals surface area contributed by atoms with Crippen LogP contribution in [0.2, 0.25) is 5.02 Å². The Kier molecular flexibility index (Phi) is 5.44. The van der Waals surface area contributed by atoms with Crippen molar-refractivity contribution in [3.8, 4) is 22.8 Å². The maximum absolute atomic E-state index is 12.5. The summed E-state index contributed by atoms with van der Waals surface area (Å²) in [5.74, 6) is -0.336. The first-order valence-corrected chi connectivity index (χ1v) is 9.23. The zero-order valence-corrected chi connectivity index (χ0v) is 15.8. The number of benzene rings is 2. The molecule has 0 aliphatic heterocycles. The van der Waals surface area contributed by atoms with E-state index in [0.29, 0.717) is 17.9 Å². The summed E-state index contributed by atoms with van der Waals surface area (Å²) in [4.78, 5) is 16.9. The molecule has 2 N–H and O–H groups in total. The molecular weight excluding hydrogens is 372 g/mol. The van der Waals surface area contributed by atoms with Crippen molar-refractivity contribution in [1.82, 2.24) is 4.98 Å². The number of carbonyl (C=O) groups excluding carboxylic acids is 1. The van der Waals surface area contributed by atoms with E-state index in [-0.39, 0.29) is 22.4 Å². The summed E-state index contributed by atoms with van der Waals surface area (Å²) >= 11 is 7.57. The minimum Gasteiger partial charge on any atom is -0.503 e. The van der Waals surface area contributed by atoms with Crippen molar-refractivity contribution >= 4 is 34.5 Å². The smallest absolute Gasteiger partial charge is 0.255 e. The van der Waals surface area contributed by atoms with Gasteiger partial charge in [0, 0.05) is 22.2 Å². The van der Waals surface area contributed by atoms with Crippen LogP contribution in [-0.4, -0.2) is 22.6 Å². The molecule has 3 aromatic rings. The number of hydrogen-bond donors (Lipinski definition) is 2. The number of nitrogens with one attached hydrogen (secondary N) is 1. The first-order valence-electron chi connectivity index (χ1n) is 7.97. The van der Waals surface area contributed by atoms with Crippen LogP contribution >= 0.6 is 22.9 Å². The molecule has 7 heteroatoms. The highest BCUT2D eigenvalue weighted by atomic mass is 35.5. The fraction of sp³-hybridized carbons (Fsp3) is 0.158. The Hall–Kier alpha value is -2.57. The average Bonchev–Trinajstić information content (AvgIpc) is 3.06. The van der Waals surface area contributed by atoms with Gasteiger partial charge >= 0.3 is 0 Å². The van der Waals surface area contributed by atoms with E-state index in [0.717, 1.165) is 16.3 Å². The first-order chi connectivity index (χ1) is 12.5. The molecule has 0 saturated heterocycles. The zero-order chi connectivity index (χ0) is 18.7. The number of carbonyl (C=O) groups is 1. The molecule has 0 saturated carbocycles. The maximum Gasteiger partial charge on any atom is 0.255 e. The molecule has 0 radical (unpaired) electrons. The van der Waals surface area contributed by atoms with E-state index < -0.39 is 0 Å². The number of hydrogen-bond acceptors (Lipinski definition) is 5.